The molecular formula is C14H14N2O3. The summed E-state index contributed by atoms with van der Waals surface area (Å²) in [6.45, 7) is 0.455. The molecule has 5 nitrogen and oxygen atoms in total. The summed E-state index contributed by atoms with van der Waals surface area (Å²) < 4.78 is 10.5. The molecule has 0 aliphatic rings. The van der Waals surface area contributed by atoms with E-state index in [4.69, 9.17) is 15.2 Å². The number of nitrogens with two attached hydrogens (primary N) is 1. The van der Waals surface area contributed by atoms with Gasteiger partial charge < -0.3 is 15.2 Å². The molecule has 1 aromatic heterocycles. The Bertz CT molecular complexity index is 543. The van der Waals surface area contributed by atoms with Crippen LogP contribution >= 0.6 is 0 Å². The summed E-state index contributed by atoms with van der Waals surface area (Å²) in [6, 6.07) is 10.8. The van der Waals surface area contributed by atoms with Crippen LogP contribution < -0.4 is 10.5 Å². The smallest absolute Gasteiger partial charge is 0.340 e. The number of hydrogen-bond acceptors (Lipinski definition) is 5. The van der Waals surface area contributed by atoms with Crippen LogP contribution in [-0.4, -0.2) is 24.2 Å². The first kappa shape index (κ1) is 12.9. The molecule has 19 heavy (non-hydrogen) atoms. The molecule has 0 radical (unpaired) electrons. The molecule has 0 bridgehead atoms. The maximum Gasteiger partial charge on any atom is 0.340 e. The van der Waals surface area contributed by atoms with Crippen molar-refractivity contribution in [1.82, 2.24) is 4.98 Å². The van der Waals surface area contributed by atoms with Crippen molar-refractivity contribution in [2.45, 2.75) is 0 Å². The average molecular weight is 258 g/mol. The Hall–Kier alpha value is -2.56. The molecule has 1 aromatic carbocycles. The van der Waals surface area contributed by atoms with Gasteiger partial charge in [-0.25, -0.2) is 4.79 Å². The van der Waals surface area contributed by atoms with Crippen LogP contribution in [0.5, 0.6) is 5.75 Å². The lowest BCUT2D eigenvalue weighted by atomic mass is 10.2. The highest BCUT2D eigenvalue weighted by atomic mass is 16.6. The minimum atomic E-state index is -0.475. The molecule has 0 saturated heterocycles. The number of pyridine rings is 1. The second kappa shape index (κ2) is 6.39. The molecule has 5 heteroatoms. The molecule has 0 saturated carbocycles. The van der Waals surface area contributed by atoms with Crippen LogP contribution in [0.25, 0.3) is 0 Å². The van der Waals surface area contributed by atoms with E-state index in [0.717, 1.165) is 5.75 Å². The number of para-hydroxylation sites is 1. The number of nitrogens with zero attached hydrogens (tertiary/aromatic N) is 1. The first-order chi connectivity index (χ1) is 9.27. The minimum Gasteiger partial charge on any atom is -0.490 e. The van der Waals surface area contributed by atoms with Gasteiger partial charge in [-0.2, -0.15) is 0 Å². The highest BCUT2D eigenvalue weighted by Crippen LogP contribution is 2.10. The van der Waals surface area contributed by atoms with E-state index in [9.17, 15) is 4.79 Å². The van der Waals surface area contributed by atoms with Crippen molar-refractivity contribution in [3.63, 3.8) is 0 Å². The number of ether oxygens (including phenoxy) is 2. The number of hydrogen-bond donors (Lipinski definition) is 1. The molecule has 0 aliphatic heterocycles. The Morgan fingerprint density at radius 2 is 1.95 bits per heavy atom. The maximum atomic E-state index is 11.7. The van der Waals surface area contributed by atoms with Crippen LogP contribution in [0, 0.1) is 0 Å². The van der Waals surface area contributed by atoms with Gasteiger partial charge in [-0.1, -0.05) is 18.2 Å². The predicted molar refractivity (Wildman–Crippen MR) is 70.9 cm³/mol. The van der Waals surface area contributed by atoms with E-state index in [1.54, 1.807) is 0 Å². The Labute approximate surface area is 111 Å². The van der Waals surface area contributed by atoms with E-state index < -0.39 is 5.97 Å². The lowest BCUT2D eigenvalue weighted by Gasteiger charge is -2.08. The normalized spacial score (nSPS) is 9.89. The number of esters is 1. The number of rotatable bonds is 5. The van der Waals surface area contributed by atoms with E-state index >= 15 is 0 Å². The average Bonchev–Trinajstić information content (AvgIpc) is 2.45. The van der Waals surface area contributed by atoms with Crippen molar-refractivity contribution in [1.29, 1.82) is 0 Å². The zero-order valence-corrected chi connectivity index (χ0v) is 10.3. The number of carbonyl (C=O) groups excluding carboxylic acids is 1. The molecule has 2 rings (SSSR count). The summed E-state index contributed by atoms with van der Waals surface area (Å²) >= 11 is 0. The predicted octanol–water partition coefficient (Wildman–Crippen LogP) is 1.90. The van der Waals surface area contributed by atoms with Gasteiger partial charge in [-0.3, -0.25) is 4.98 Å². The van der Waals surface area contributed by atoms with Crippen LogP contribution in [0.4, 0.5) is 5.69 Å². The Balaban J connectivity index is 1.77. The van der Waals surface area contributed by atoms with Crippen molar-refractivity contribution in [2.75, 3.05) is 18.9 Å². The molecule has 0 aliphatic carbocycles. The van der Waals surface area contributed by atoms with E-state index in [2.05, 4.69) is 4.98 Å². The van der Waals surface area contributed by atoms with Crippen LogP contribution in [0.2, 0.25) is 0 Å². The van der Waals surface area contributed by atoms with Crippen molar-refractivity contribution >= 4 is 11.7 Å². The van der Waals surface area contributed by atoms with E-state index in [0.29, 0.717) is 17.9 Å². The first-order valence-electron chi connectivity index (χ1n) is 5.82. The molecule has 0 unspecified atom stereocenters. The maximum absolute atomic E-state index is 11.7. The topological polar surface area (TPSA) is 74.4 Å². The molecule has 0 atom stereocenters. The number of aromatic nitrogens is 1. The quantitative estimate of drug-likeness (QED) is 0.655. The van der Waals surface area contributed by atoms with Gasteiger partial charge in [0, 0.05) is 6.20 Å². The molecule has 1 heterocycles. The molecule has 0 fully saturated rings. The molecule has 2 N–H and O–H groups in total. The van der Waals surface area contributed by atoms with Gasteiger partial charge in [0.1, 0.15) is 19.0 Å². The summed E-state index contributed by atoms with van der Waals surface area (Å²) in [5.41, 5.74) is 6.24. The van der Waals surface area contributed by atoms with Gasteiger partial charge >= 0.3 is 5.97 Å². The fraction of sp³-hybridized carbons (Fsp3) is 0.143. The second-order valence-electron chi connectivity index (χ2n) is 3.76. The molecule has 0 amide bonds. The highest BCUT2D eigenvalue weighted by molar-refractivity contribution is 5.94. The number of benzene rings is 1. The Morgan fingerprint density at radius 3 is 2.68 bits per heavy atom. The SMILES string of the molecule is Nc1cnccc1C(=O)OCCOc1ccccc1. The van der Waals surface area contributed by atoms with Gasteiger partial charge in [0.2, 0.25) is 0 Å². The fourth-order valence-corrected chi connectivity index (χ4v) is 1.48. The Morgan fingerprint density at radius 1 is 1.16 bits per heavy atom. The summed E-state index contributed by atoms with van der Waals surface area (Å²) in [5.74, 6) is 0.263. The van der Waals surface area contributed by atoms with Gasteiger partial charge in [0.25, 0.3) is 0 Å². The van der Waals surface area contributed by atoms with Crippen molar-refractivity contribution in [3.05, 3.63) is 54.4 Å². The summed E-state index contributed by atoms with van der Waals surface area (Å²) in [5, 5.41) is 0. The Kier molecular flexibility index (Phi) is 4.34. The van der Waals surface area contributed by atoms with Crippen molar-refractivity contribution in [2.24, 2.45) is 0 Å². The summed E-state index contributed by atoms with van der Waals surface area (Å²) in [4.78, 5) is 15.5. The second-order valence-corrected chi connectivity index (χ2v) is 3.76. The number of nitrogen functional groups attached to an aromatic ring is 1. The third-order valence-electron chi connectivity index (χ3n) is 2.40. The third-order valence-corrected chi connectivity index (χ3v) is 2.40. The number of carbonyl (C=O) groups is 1. The number of anilines is 1. The monoisotopic (exact) mass is 258 g/mol. The van der Waals surface area contributed by atoms with E-state index in [-0.39, 0.29) is 6.61 Å². The van der Waals surface area contributed by atoms with Crippen LogP contribution in [-0.2, 0) is 4.74 Å². The molecular weight excluding hydrogens is 244 g/mol. The third kappa shape index (κ3) is 3.70. The zero-order chi connectivity index (χ0) is 13.5. The van der Waals surface area contributed by atoms with Gasteiger partial charge in [0.15, 0.2) is 0 Å². The zero-order valence-electron chi connectivity index (χ0n) is 10.3. The minimum absolute atomic E-state index is 0.162. The lowest BCUT2D eigenvalue weighted by molar-refractivity contribution is 0.0451. The standard InChI is InChI=1S/C14H14N2O3/c15-13-10-16-7-6-12(13)14(17)19-9-8-18-11-4-2-1-3-5-11/h1-7,10H,8-9,15H2. The molecule has 0 spiro atoms. The van der Waals surface area contributed by atoms with Crippen molar-refractivity contribution in [3.8, 4) is 5.75 Å². The first-order valence-corrected chi connectivity index (χ1v) is 5.82. The molecule has 2 aromatic rings. The van der Waals surface area contributed by atoms with Gasteiger partial charge in [-0.05, 0) is 18.2 Å². The van der Waals surface area contributed by atoms with Crippen LogP contribution in [0.1, 0.15) is 10.4 Å². The summed E-state index contributed by atoms with van der Waals surface area (Å²) in [7, 11) is 0. The largest absolute Gasteiger partial charge is 0.490 e. The lowest BCUT2D eigenvalue weighted by Crippen LogP contribution is -2.13. The highest BCUT2D eigenvalue weighted by Gasteiger charge is 2.10. The van der Waals surface area contributed by atoms with Crippen molar-refractivity contribution < 1.29 is 14.3 Å². The van der Waals surface area contributed by atoms with Crippen LogP contribution in [0.3, 0.4) is 0 Å². The summed E-state index contributed by atoms with van der Waals surface area (Å²) in [6.07, 6.45) is 2.91. The van der Waals surface area contributed by atoms with E-state index in [1.807, 2.05) is 30.3 Å². The molecule has 98 valence electrons. The van der Waals surface area contributed by atoms with E-state index in [1.165, 1.54) is 18.5 Å². The van der Waals surface area contributed by atoms with Gasteiger partial charge in [0.05, 0.1) is 17.4 Å². The van der Waals surface area contributed by atoms with Crippen LogP contribution in [0.15, 0.2) is 48.8 Å². The van der Waals surface area contributed by atoms with Gasteiger partial charge in [-0.15, -0.1) is 0 Å². The fourth-order valence-electron chi connectivity index (χ4n) is 1.48.